The minimum atomic E-state index is -0.946. The fourth-order valence-corrected chi connectivity index (χ4v) is 6.28. The molecule has 1 saturated carbocycles. The summed E-state index contributed by atoms with van der Waals surface area (Å²) in [6.07, 6.45) is 5.26. The molecule has 0 amide bonds. The number of hydrogen-bond donors (Lipinski definition) is 1. The SMILES string of the molecule is COc1cc2c3c4c1O[C@]1(OC)C[C@@]4(CC[C@H]1O)CC[C@@H]3[N+](C)(C)CC2. The molecule has 0 aromatic heterocycles. The molecule has 26 heavy (non-hydrogen) atoms. The fraction of sp³-hybridized carbons (Fsp3) is 0.714. The molecule has 5 nitrogen and oxygen atoms in total. The Morgan fingerprint density at radius 3 is 2.73 bits per heavy atom. The molecular weight excluding hydrogens is 330 g/mol. The highest BCUT2D eigenvalue weighted by molar-refractivity contribution is 5.62. The number of fused-ring (bicyclic) bond motifs is 1. The summed E-state index contributed by atoms with van der Waals surface area (Å²) < 4.78 is 19.1. The summed E-state index contributed by atoms with van der Waals surface area (Å²) >= 11 is 0. The van der Waals surface area contributed by atoms with E-state index in [1.165, 1.54) is 23.1 Å². The zero-order valence-electron chi connectivity index (χ0n) is 16.3. The van der Waals surface area contributed by atoms with E-state index in [1.54, 1.807) is 14.2 Å². The highest BCUT2D eigenvalue weighted by Gasteiger charge is 2.61. The van der Waals surface area contributed by atoms with Crippen LogP contribution in [0, 0.1) is 0 Å². The van der Waals surface area contributed by atoms with Crippen molar-refractivity contribution in [2.24, 2.45) is 0 Å². The lowest BCUT2D eigenvalue weighted by Gasteiger charge is -2.58. The van der Waals surface area contributed by atoms with Crippen LogP contribution in [0.15, 0.2) is 6.07 Å². The Labute approximate surface area is 155 Å². The lowest BCUT2D eigenvalue weighted by atomic mass is 9.56. The van der Waals surface area contributed by atoms with Gasteiger partial charge in [-0.25, -0.2) is 0 Å². The van der Waals surface area contributed by atoms with E-state index in [9.17, 15) is 5.11 Å². The number of methoxy groups -OCH3 is 2. The number of rotatable bonds is 2. The number of hydrogen-bond acceptors (Lipinski definition) is 4. The first-order valence-electron chi connectivity index (χ1n) is 9.85. The van der Waals surface area contributed by atoms with Gasteiger partial charge in [-0.15, -0.1) is 0 Å². The smallest absolute Gasteiger partial charge is 0.237 e. The Hall–Kier alpha value is -1.30. The maximum Gasteiger partial charge on any atom is 0.237 e. The van der Waals surface area contributed by atoms with Crippen LogP contribution in [0.5, 0.6) is 11.5 Å². The topological polar surface area (TPSA) is 47.9 Å². The van der Waals surface area contributed by atoms with Gasteiger partial charge in [-0.3, -0.25) is 0 Å². The Morgan fingerprint density at radius 2 is 2.00 bits per heavy atom. The number of aliphatic hydroxyl groups excluding tert-OH is 1. The van der Waals surface area contributed by atoms with Gasteiger partial charge >= 0.3 is 0 Å². The summed E-state index contributed by atoms with van der Waals surface area (Å²) in [4.78, 5) is 0. The Balaban J connectivity index is 1.81. The van der Waals surface area contributed by atoms with Crippen molar-refractivity contribution >= 4 is 0 Å². The molecule has 2 bridgehead atoms. The fourth-order valence-electron chi connectivity index (χ4n) is 6.28. The third kappa shape index (κ3) is 1.92. The van der Waals surface area contributed by atoms with E-state index < -0.39 is 11.9 Å². The van der Waals surface area contributed by atoms with Gasteiger partial charge < -0.3 is 23.8 Å². The van der Waals surface area contributed by atoms with Crippen LogP contribution in [0.1, 0.15) is 54.8 Å². The molecule has 2 heterocycles. The standard InChI is InChI=1S/C21H30NO4/c1-22(2)10-7-13-11-15(24-3)19-18-17(13)14(22)5-8-20(18)9-6-16(23)21(12-20,25-4)26-19/h11,14,16,23H,5-10,12H2,1-4H3/q+1/t14-,16+,20-,21+/m0/s1. The number of quaternary nitrogens is 1. The van der Waals surface area contributed by atoms with Gasteiger partial charge in [-0.2, -0.15) is 0 Å². The van der Waals surface area contributed by atoms with E-state index in [0.29, 0.717) is 6.04 Å². The summed E-state index contributed by atoms with van der Waals surface area (Å²) in [7, 11) is 8.08. The quantitative estimate of drug-likeness (QED) is 0.824. The van der Waals surface area contributed by atoms with E-state index in [-0.39, 0.29) is 5.41 Å². The van der Waals surface area contributed by atoms with E-state index >= 15 is 0 Å². The second kappa shape index (κ2) is 5.15. The monoisotopic (exact) mass is 360 g/mol. The van der Waals surface area contributed by atoms with Crippen LogP contribution in [-0.4, -0.2) is 56.3 Å². The Bertz CT molecular complexity index is 776. The molecule has 142 valence electrons. The molecule has 4 atom stereocenters. The molecule has 1 spiro atoms. The second-order valence-corrected chi connectivity index (χ2v) is 9.29. The molecule has 1 fully saturated rings. The summed E-state index contributed by atoms with van der Waals surface area (Å²) in [6.45, 7) is 1.16. The highest BCUT2D eigenvalue weighted by Crippen LogP contribution is 2.64. The van der Waals surface area contributed by atoms with Crippen molar-refractivity contribution in [1.82, 2.24) is 0 Å². The molecule has 0 radical (unpaired) electrons. The first kappa shape index (κ1) is 16.8. The van der Waals surface area contributed by atoms with Crippen LogP contribution < -0.4 is 9.47 Å². The van der Waals surface area contributed by atoms with Gasteiger partial charge in [0.25, 0.3) is 0 Å². The predicted octanol–water partition coefficient (Wildman–Crippen LogP) is 2.68. The summed E-state index contributed by atoms with van der Waals surface area (Å²) in [5.74, 6) is 0.675. The lowest BCUT2D eigenvalue weighted by Crippen LogP contribution is -2.62. The van der Waals surface area contributed by atoms with Crippen molar-refractivity contribution in [3.8, 4) is 11.5 Å². The number of aliphatic hydroxyl groups is 1. The maximum absolute atomic E-state index is 10.7. The largest absolute Gasteiger partial charge is 0.493 e. The van der Waals surface area contributed by atoms with Crippen LogP contribution in [0.25, 0.3) is 0 Å². The molecule has 1 aromatic carbocycles. The molecule has 5 heteroatoms. The van der Waals surface area contributed by atoms with Gasteiger partial charge in [0.05, 0.1) is 27.7 Å². The van der Waals surface area contributed by atoms with Crippen LogP contribution in [0.4, 0.5) is 0 Å². The van der Waals surface area contributed by atoms with Gasteiger partial charge in [-0.05, 0) is 30.9 Å². The van der Waals surface area contributed by atoms with Crippen LogP contribution in [0.3, 0.4) is 0 Å². The zero-order valence-corrected chi connectivity index (χ0v) is 16.3. The van der Waals surface area contributed by atoms with E-state index in [2.05, 4.69) is 20.2 Å². The Morgan fingerprint density at radius 1 is 1.23 bits per heavy atom. The molecule has 2 aliphatic heterocycles. The van der Waals surface area contributed by atoms with E-state index in [1.807, 2.05) is 0 Å². The van der Waals surface area contributed by atoms with Gasteiger partial charge in [0, 0.05) is 42.9 Å². The second-order valence-electron chi connectivity index (χ2n) is 9.29. The molecule has 4 aliphatic rings. The predicted molar refractivity (Wildman–Crippen MR) is 97.6 cm³/mol. The average molecular weight is 360 g/mol. The third-order valence-electron chi connectivity index (χ3n) is 7.76. The number of ether oxygens (including phenoxy) is 3. The first-order chi connectivity index (χ1) is 12.4. The molecule has 2 aliphatic carbocycles. The minimum absolute atomic E-state index is 0.0370. The lowest BCUT2D eigenvalue weighted by molar-refractivity contribution is -0.924. The van der Waals surface area contributed by atoms with Crippen molar-refractivity contribution in [3.63, 3.8) is 0 Å². The van der Waals surface area contributed by atoms with Gasteiger partial charge in [0.15, 0.2) is 11.5 Å². The molecule has 5 rings (SSSR count). The van der Waals surface area contributed by atoms with Crippen molar-refractivity contribution in [1.29, 1.82) is 0 Å². The van der Waals surface area contributed by atoms with Gasteiger partial charge in [-0.1, -0.05) is 0 Å². The van der Waals surface area contributed by atoms with E-state index in [4.69, 9.17) is 14.2 Å². The number of benzene rings is 1. The zero-order chi connectivity index (χ0) is 18.3. The number of nitrogens with zero attached hydrogens (tertiary/aromatic N) is 1. The molecule has 0 unspecified atom stereocenters. The van der Waals surface area contributed by atoms with Crippen LogP contribution >= 0.6 is 0 Å². The van der Waals surface area contributed by atoms with Crippen molar-refractivity contribution in [2.75, 3.05) is 34.9 Å². The Kier molecular flexibility index (Phi) is 3.34. The van der Waals surface area contributed by atoms with Crippen molar-refractivity contribution in [2.45, 2.75) is 61.9 Å². The molecular formula is C21H30NO4+. The van der Waals surface area contributed by atoms with Gasteiger partial charge in [0.1, 0.15) is 12.1 Å². The first-order valence-corrected chi connectivity index (χ1v) is 9.85. The average Bonchev–Trinajstić information content (AvgIpc) is 2.63. The van der Waals surface area contributed by atoms with E-state index in [0.717, 1.165) is 54.6 Å². The number of likely N-dealkylation sites (N-methyl/N-ethyl adjacent to an activating group) is 1. The minimum Gasteiger partial charge on any atom is -0.493 e. The van der Waals surface area contributed by atoms with Crippen molar-refractivity contribution < 1.29 is 23.8 Å². The maximum atomic E-state index is 10.7. The molecule has 0 saturated heterocycles. The normalized spacial score (nSPS) is 39.0. The summed E-state index contributed by atoms with van der Waals surface area (Å²) in [5, 5.41) is 10.7. The summed E-state index contributed by atoms with van der Waals surface area (Å²) in [5.41, 5.74) is 4.34. The van der Waals surface area contributed by atoms with Crippen molar-refractivity contribution in [3.05, 3.63) is 22.8 Å². The summed E-state index contributed by atoms with van der Waals surface area (Å²) in [6, 6.07) is 2.70. The molecule has 1 aromatic rings. The van der Waals surface area contributed by atoms with Gasteiger partial charge in [0.2, 0.25) is 5.79 Å². The van der Waals surface area contributed by atoms with Crippen LogP contribution in [-0.2, 0) is 16.6 Å². The van der Waals surface area contributed by atoms with Crippen LogP contribution in [0.2, 0.25) is 0 Å². The third-order valence-corrected chi connectivity index (χ3v) is 7.76. The molecule has 1 N–H and O–H groups in total. The highest BCUT2D eigenvalue weighted by atomic mass is 16.7.